The van der Waals surface area contributed by atoms with Crippen LogP contribution in [0.1, 0.15) is 48.3 Å². The Balaban J connectivity index is 2.14. The molecule has 130 valence electrons. The molecule has 1 aromatic carbocycles. The minimum Gasteiger partial charge on any atom is -0.478 e. The number of amides is 1. The molecule has 0 aliphatic carbocycles. The molecule has 2 heterocycles. The molecule has 0 fully saturated rings. The molecule has 1 aromatic heterocycles. The van der Waals surface area contributed by atoms with Crippen LogP contribution in [-0.4, -0.2) is 22.0 Å². The molecule has 4 N–H and O–H groups in total. The van der Waals surface area contributed by atoms with E-state index >= 15 is 0 Å². The van der Waals surface area contributed by atoms with Crippen molar-refractivity contribution in [3.05, 3.63) is 47.8 Å². The van der Waals surface area contributed by atoms with Crippen molar-refractivity contribution < 1.29 is 14.7 Å². The van der Waals surface area contributed by atoms with Crippen LogP contribution in [-0.2, 0) is 4.79 Å². The predicted molar refractivity (Wildman–Crippen MR) is 95.2 cm³/mol. The fourth-order valence-corrected chi connectivity index (χ4v) is 3.03. The molecular formula is C19H21N3O3. The third kappa shape index (κ3) is 3.69. The number of fused-ring (bicyclic) bond motifs is 4. The van der Waals surface area contributed by atoms with Crippen molar-refractivity contribution in [2.45, 2.75) is 32.2 Å². The van der Waals surface area contributed by atoms with Gasteiger partial charge in [-0.1, -0.05) is 19.4 Å². The van der Waals surface area contributed by atoms with Crippen molar-refractivity contribution in [1.29, 1.82) is 0 Å². The number of anilines is 1. The molecule has 2 bridgehead atoms. The third-order valence-electron chi connectivity index (χ3n) is 4.60. The molecule has 0 spiro atoms. The van der Waals surface area contributed by atoms with Gasteiger partial charge in [0.1, 0.15) is 0 Å². The van der Waals surface area contributed by atoms with Gasteiger partial charge in [0.15, 0.2) is 0 Å². The van der Waals surface area contributed by atoms with Crippen LogP contribution in [0.4, 0.5) is 5.69 Å². The van der Waals surface area contributed by atoms with E-state index in [1.807, 2.05) is 19.1 Å². The molecule has 2 atom stereocenters. The number of carboxylic acid groups (broad SMARTS) is 1. The number of carbonyl (C=O) groups excluding carboxylic acids is 1. The van der Waals surface area contributed by atoms with Gasteiger partial charge in [0, 0.05) is 29.4 Å². The van der Waals surface area contributed by atoms with E-state index < -0.39 is 5.97 Å². The summed E-state index contributed by atoms with van der Waals surface area (Å²) in [7, 11) is 0. The molecule has 6 nitrogen and oxygen atoms in total. The lowest BCUT2D eigenvalue weighted by Gasteiger charge is -2.19. The van der Waals surface area contributed by atoms with E-state index in [4.69, 9.17) is 5.73 Å². The van der Waals surface area contributed by atoms with Crippen molar-refractivity contribution in [3.63, 3.8) is 0 Å². The topological polar surface area (TPSA) is 105 Å². The highest BCUT2D eigenvalue weighted by atomic mass is 16.4. The van der Waals surface area contributed by atoms with Crippen LogP contribution in [0.15, 0.2) is 36.5 Å². The van der Waals surface area contributed by atoms with Gasteiger partial charge in [-0.25, -0.2) is 4.79 Å². The standard InChI is InChI=1S/C19H21N3O3/c1-11-3-2-4-15(20)17-9-12(7-8-21-17)14-6-5-13(19(24)25)10-16(14)22-18(11)23/h5-11,15H,2-4,20H2,1H3,(H,22,23)(H,24,25)/t11-,15+/m1/s1. The van der Waals surface area contributed by atoms with Crippen LogP contribution in [0.5, 0.6) is 0 Å². The highest BCUT2D eigenvalue weighted by Crippen LogP contribution is 2.32. The van der Waals surface area contributed by atoms with Gasteiger partial charge in [-0.3, -0.25) is 9.78 Å². The summed E-state index contributed by atoms with van der Waals surface area (Å²) < 4.78 is 0. The Labute approximate surface area is 146 Å². The van der Waals surface area contributed by atoms with E-state index in [1.165, 1.54) is 12.1 Å². The highest BCUT2D eigenvalue weighted by Gasteiger charge is 2.19. The lowest BCUT2D eigenvalue weighted by molar-refractivity contribution is -0.119. The molecule has 25 heavy (non-hydrogen) atoms. The fraction of sp³-hybridized carbons (Fsp3) is 0.316. The van der Waals surface area contributed by atoms with Gasteiger partial charge >= 0.3 is 5.97 Å². The lowest BCUT2D eigenvalue weighted by atomic mass is 9.95. The maximum atomic E-state index is 12.5. The summed E-state index contributed by atoms with van der Waals surface area (Å²) in [5.41, 5.74) is 9.26. The summed E-state index contributed by atoms with van der Waals surface area (Å²) in [5.74, 6) is -1.33. The van der Waals surface area contributed by atoms with E-state index in [2.05, 4.69) is 10.3 Å². The number of carbonyl (C=O) groups is 2. The van der Waals surface area contributed by atoms with Gasteiger partial charge in [0.2, 0.25) is 5.91 Å². The number of nitrogens with one attached hydrogen (secondary N) is 1. The Morgan fingerprint density at radius 3 is 2.84 bits per heavy atom. The number of rotatable bonds is 1. The normalized spacial score (nSPS) is 20.6. The summed E-state index contributed by atoms with van der Waals surface area (Å²) in [6.45, 7) is 1.87. The van der Waals surface area contributed by atoms with Crippen LogP contribution in [0.25, 0.3) is 11.1 Å². The number of hydrogen-bond acceptors (Lipinski definition) is 4. The maximum absolute atomic E-state index is 12.5. The van der Waals surface area contributed by atoms with E-state index in [0.717, 1.165) is 29.7 Å². The van der Waals surface area contributed by atoms with E-state index in [1.54, 1.807) is 12.3 Å². The van der Waals surface area contributed by atoms with Crippen LogP contribution in [0.2, 0.25) is 0 Å². The Bertz CT molecular complexity index is 819. The Morgan fingerprint density at radius 1 is 1.28 bits per heavy atom. The fourth-order valence-electron chi connectivity index (χ4n) is 3.03. The quantitative estimate of drug-likeness (QED) is 0.740. The molecule has 0 radical (unpaired) electrons. The first kappa shape index (κ1) is 17.1. The third-order valence-corrected chi connectivity index (χ3v) is 4.60. The first-order valence-electron chi connectivity index (χ1n) is 8.36. The molecule has 1 aliphatic rings. The average molecular weight is 339 g/mol. The van der Waals surface area contributed by atoms with Crippen molar-refractivity contribution in [1.82, 2.24) is 4.98 Å². The minimum absolute atomic E-state index is 0.118. The molecule has 0 saturated carbocycles. The second-order valence-corrected chi connectivity index (χ2v) is 6.46. The molecule has 0 saturated heterocycles. The zero-order chi connectivity index (χ0) is 18.0. The first-order chi connectivity index (χ1) is 12.0. The van der Waals surface area contributed by atoms with Crippen LogP contribution in [0.3, 0.4) is 0 Å². The summed E-state index contributed by atoms with van der Waals surface area (Å²) in [6.07, 6.45) is 3.99. The molecule has 1 amide bonds. The summed E-state index contributed by atoms with van der Waals surface area (Å²) in [4.78, 5) is 28.1. The van der Waals surface area contributed by atoms with Crippen molar-refractivity contribution >= 4 is 17.6 Å². The van der Waals surface area contributed by atoms with Crippen molar-refractivity contribution in [2.75, 3.05) is 5.32 Å². The maximum Gasteiger partial charge on any atom is 0.335 e. The summed E-state index contributed by atoms with van der Waals surface area (Å²) >= 11 is 0. The van der Waals surface area contributed by atoms with Gasteiger partial charge in [-0.2, -0.15) is 0 Å². The number of aromatic nitrogens is 1. The molecule has 3 rings (SSSR count). The minimum atomic E-state index is -1.03. The second-order valence-electron chi connectivity index (χ2n) is 6.46. The number of nitrogens with two attached hydrogens (primary N) is 1. The number of hydrogen-bond donors (Lipinski definition) is 3. The largest absolute Gasteiger partial charge is 0.478 e. The first-order valence-corrected chi connectivity index (χ1v) is 8.36. The van der Waals surface area contributed by atoms with Gasteiger partial charge in [0.25, 0.3) is 0 Å². The Kier molecular flexibility index (Phi) is 4.81. The van der Waals surface area contributed by atoms with Crippen molar-refractivity contribution in [3.8, 4) is 11.1 Å². The van der Waals surface area contributed by atoms with Gasteiger partial charge in [-0.15, -0.1) is 0 Å². The number of aromatic carboxylic acids is 1. The summed E-state index contributed by atoms with van der Waals surface area (Å²) in [6, 6.07) is 8.28. The molecular weight excluding hydrogens is 318 g/mol. The van der Waals surface area contributed by atoms with Crippen molar-refractivity contribution in [2.24, 2.45) is 11.7 Å². The van der Waals surface area contributed by atoms with Crippen LogP contribution in [0, 0.1) is 5.92 Å². The zero-order valence-electron chi connectivity index (χ0n) is 14.0. The number of nitrogens with zero attached hydrogens (tertiary/aromatic N) is 1. The molecule has 1 aliphatic heterocycles. The molecule has 6 heteroatoms. The van der Waals surface area contributed by atoms with E-state index in [0.29, 0.717) is 12.1 Å². The second kappa shape index (κ2) is 7.03. The Hall–Kier alpha value is -2.73. The number of carboxylic acids is 1. The smallest absolute Gasteiger partial charge is 0.335 e. The molecule has 2 aromatic rings. The van der Waals surface area contributed by atoms with E-state index in [-0.39, 0.29) is 23.4 Å². The molecule has 0 unspecified atom stereocenters. The predicted octanol–water partition coefficient (Wildman–Crippen LogP) is 3.21. The highest BCUT2D eigenvalue weighted by molar-refractivity contribution is 5.99. The number of benzene rings is 1. The van der Waals surface area contributed by atoms with Crippen LogP contribution < -0.4 is 11.1 Å². The average Bonchev–Trinajstić information content (AvgIpc) is 2.60. The number of pyridine rings is 1. The van der Waals surface area contributed by atoms with Gasteiger partial charge < -0.3 is 16.2 Å². The lowest BCUT2D eigenvalue weighted by Crippen LogP contribution is -2.22. The SMILES string of the molecule is C[C@@H]1CCC[C@H](N)c2cc(ccn2)-c2ccc(C(=O)O)cc2NC1=O. The zero-order valence-corrected chi connectivity index (χ0v) is 14.0. The van der Waals surface area contributed by atoms with Gasteiger partial charge in [-0.05, 0) is 42.7 Å². The van der Waals surface area contributed by atoms with Crippen LogP contribution >= 0.6 is 0 Å². The monoisotopic (exact) mass is 339 g/mol. The summed E-state index contributed by atoms with van der Waals surface area (Å²) in [5, 5.41) is 12.1. The van der Waals surface area contributed by atoms with Gasteiger partial charge in [0.05, 0.1) is 11.3 Å². The Morgan fingerprint density at radius 2 is 2.08 bits per heavy atom. The van der Waals surface area contributed by atoms with E-state index in [9.17, 15) is 14.7 Å².